The summed E-state index contributed by atoms with van der Waals surface area (Å²) in [5.74, 6) is -0.0325. The molecule has 2 atom stereocenters. The first-order valence-corrected chi connectivity index (χ1v) is 10.3. The maximum Gasteiger partial charge on any atom is 0.322 e. The molecule has 1 aliphatic rings. The standard InChI is InChI=1S/C23H27ClN2O3/c1-15(2)14-20(23(28)29-3)25-21-18-6-4-5-7-19(18)22(27)26(21)13-12-16-8-10-17(24)11-9-16/h4-11,15,20-21,25H,12-14H2,1-3H3/t20-,21+/m0/s1. The number of esters is 1. The quantitative estimate of drug-likeness (QED) is 0.657. The van der Waals surface area contributed by atoms with Gasteiger partial charge in [0.2, 0.25) is 0 Å². The Labute approximate surface area is 177 Å². The molecule has 0 saturated carbocycles. The fraction of sp³-hybridized carbons (Fsp3) is 0.391. The second-order valence-corrected chi connectivity index (χ2v) is 8.17. The Balaban J connectivity index is 1.84. The molecule has 3 rings (SSSR count). The van der Waals surface area contributed by atoms with Crippen LogP contribution in [0.1, 0.15) is 47.9 Å². The van der Waals surface area contributed by atoms with Crippen LogP contribution in [0, 0.1) is 5.92 Å². The van der Waals surface area contributed by atoms with E-state index in [4.69, 9.17) is 16.3 Å². The zero-order valence-electron chi connectivity index (χ0n) is 17.0. The molecule has 0 radical (unpaired) electrons. The van der Waals surface area contributed by atoms with Gasteiger partial charge in [-0.25, -0.2) is 0 Å². The summed E-state index contributed by atoms with van der Waals surface area (Å²) in [6, 6.07) is 14.7. The number of carbonyl (C=O) groups excluding carboxylic acids is 2. The van der Waals surface area contributed by atoms with Gasteiger partial charge in [0.1, 0.15) is 12.2 Å². The van der Waals surface area contributed by atoms with Crippen LogP contribution in [0.4, 0.5) is 0 Å². The summed E-state index contributed by atoms with van der Waals surface area (Å²) < 4.78 is 5.00. The van der Waals surface area contributed by atoms with Gasteiger partial charge in [0.25, 0.3) is 5.91 Å². The zero-order chi connectivity index (χ0) is 21.0. The number of fused-ring (bicyclic) bond motifs is 1. The normalized spacial score (nSPS) is 16.8. The summed E-state index contributed by atoms with van der Waals surface area (Å²) in [5, 5.41) is 4.08. The molecule has 0 spiro atoms. The average Bonchev–Trinajstić information content (AvgIpc) is 2.98. The third-order valence-electron chi connectivity index (χ3n) is 5.16. The first-order chi connectivity index (χ1) is 13.9. The molecule has 0 fully saturated rings. The van der Waals surface area contributed by atoms with E-state index in [1.54, 1.807) is 4.90 Å². The van der Waals surface area contributed by atoms with Gasteiger partial charge in [0, 0.05) is 22.7 Å². The van der Waals surface area contributed by atoms with Crippen molar-refractivity contribution in [3.63, 3.8) is 0 Å². The fourth-order valence-corrected chi connectivity index (χ4v) is 3.84. The average molecular weight is 415 g/mol. The second-order valence-electron chi connectivity index (χ2n) is 7.74. The Kier molecular flexibility index (Phi) is 6.93. The molecule has 1 heterocycles. The Morgan fingerprint density at radius 1 is 1.17 bits per heavy atom. The van der Waals surface area contributed by atoms with Crippen LogP contribution in [0.2, 0.25) is 5.02 Å². The van der Waals surface area contributed by atoms with E-state index < -0.39 is 6.04 Å². The number of halogens is 1. The molecule has 6 heteroatoms. The molecule has 1 N–H and O–H groups in total. The molecular weight excluding hydrogens is 388 g/mol. The molecule has 1 amide bonds. The predicted octanol–water partition coefficient (Wildman–Crippen LogP) is 4.21. The molecule has 5 nitrogen and oxygen atoms in total. The van der Waals surface area contributed by atoms with Crippen molar-refractivity contribution in [3.8, 4) is 0 Å². The highest BCUT2D eigenvalue weighted by atomic mass is 35.5. The molecule has 0 aliphatic carbocycles. The van der Waals surface area contributed by atoms with Gasteiger partial charge in [0.05, 0.1) is 7.11 Å². The molecule has 154 valence electrons. The third-order valence-corrected chi connectivity index (χ3v) is 5.42. The van der Waals surface area contributed by atoms with Gasteiger partial charge in [0.15, 0.2) is 0 Å². The third kappa shape index (κ3) is 4.98. The van der Waals surface area contributed by atoms with Gasteiger partial charge in [-0.15, -0.1) is 0 Å². The topological polar surface area (TPSA) is 58.6 Å². The number of amides is 1. The van der Waals surface area contributed by atoms with Crippen LogP contribution < -0.4 is 5.32 Å². The highest BCUT2D eigenvalue weighted by Crippen LogP contribution is 2.32. The van der Waals surface area contributed by atoms with E-state index in [9.17, 15) is 9.59 Å². The summed E-state index contributed by atoms with van der Waals surface area (Å²) in [5.41, 5.74) is 2.67. The second kappa shape index (κ2) is 9.42. The van der Waals surface area contributed by atoms with Gasteiger partial charge in [-0.2, -0.15) is 0 Å². The summed E-state index contributed by atoms with van der Waals surface area (Å²) in [7, 11) is 1.39. The van der Waals surface area contributed by atoms with E-state index in [1.165, 1.54) is 7.11 Å². The number of rotatable bonds is 8. The lowest BCUT2D eigenvalue weighted by Crippen LogP contribution is -2.46. The number of nitrogens with one attached hydrogen (secondary N) is 1. The van der Waals surface area contributed by atoms with Gasteiger partial charge >= 0.3 is 5.97 Å². The van der Waals surface area contributed by atoms with Crippen molar-refractivity contribution in [1.82, 2.24) is 10.2 Å². The zero-order valence-corrected chi connectivity index (χ0v) is 17.8. The van der Waals surface area contributed by atoms with Crippen LogP contribution in [0.25, 0.3) is 0 Å². The van der Waals surface area contributed by atoms with Crippen molar-refractivity contribution < 1.29 is 14.3 Å². The number of benzene rings is 2. The molecule has 0 aromatic heterocycles. The van der Waals surface area contributed by atoms with Crippen molar-refractivity contribution in [2.24, 2.45) is 5.92 Å². The molecule has 2 aromatic rings. The molecular formula is C23H27ClN2O3. The van der Waals surface area contributed by atoms with E-state index in [2.05, 4.69) is 19.2 Å². The lowest BCUT2D eigenvalue weighted by atomic mass is 10.0. The van der Waals surface area contributed by atoms with Crippen LogP contribution in [-0.4, -0.2) is 36.5 Å². The van der Waals surface area contributed by atoms with Gasteiger partial charge in [-0.3, -0.25) is 14.9 Å². The van der Waals surface area contributed by atoms with Crippen molar-refractivity contribution >= 4 is 23.5 Å². The minimum atomic E-state index is -0.484. The van der Waals surface area contributed by atoms with E-state index >= 15 is 0 Å². The van der Waals surface area contributed by atoms with Crippen molar-refractivity contribution in [2.45, 2.75) is 38.9 Å². The maximum atomic E-state index is 13.1. The summed E-state index contributed by atoms with van der Waals surface area (Å²) in [6.07, 6.45) is 0.959. The molecule has 0 saturated heterocycles. The van der Waals surface area contributed by atoms with Gasteiger partial charge in [-0.05, 0) is 42.5 Å². The SMILES string of the molecule is COC(=O)[C@H](CC(C)C)N[C@H]1c2ccccc2C(=O)N1CCc1ccc(Cl)cc1. The first-order valence-electron chi connectivity index (χ1n) is 9.89. The van der Waals surface area contributed by atoms with E-state index in [1.807, 2.05) is 48.5 Å². The number of carbonyl (C=O) groups is 2. The number of ether oxygens (including phenoxy) is 1. The largest absolute Gasteiger partial charge is 0.468 e. The molecule has 1 aliphatic heterocycles. The summed E-state index contributed by atoms with van der Waals surface area (Å²) in [4.78, 5) is 27.2. The highest BCUT2D eigenvalue weighted by Gasteiger charge is 2.38. The Hall–Kier alpha value is -2.37. The molecule has 0 unspecified atom stereocenters. The Morgan fingerprint density at radius 3 is 2.52 bits per heavy atom. The van der Waals surface area contributed by atoms with Gasteiger partial charge < -0.3 is 9.64 Å². The molecule has 2 aromatic carbocycles. The molecule has 0 bridgehead atoms. The summed E-state index contributed by atoms with van der Waals surface area (Å²) >= 11 is 5.97. The van der Waals surface area contributed by atoms with Crippen molar-refractivity contribution in [2.75, 3.05) is 13.7 Å². The minimum Gasteiger partial charge on any atom is -0.468 e. The van der Waals surface area contributed by atoms with Crippen LogP contribution in [0.3, 0.4) is 0 Å². The van der Waals surface area contributed by atoms with Crippen LogP contribution >= 0.6 is 11.6 Å². The first kappa shape index (κ1) is 21.3. The fourth-order valence-electron chi connectivity index (χ4n) is 3.72. The highest BCUT2D eigenvalue weighted by molar-refractivity contribution is 6.30. The minimum absolute atomic E-state index is 0.0276. The van der Waals surface area contributed by atoms with Crippen molar-refractivity contribution in [3.05, 3.63) is 70.2 Å². The number of nitrogens with zero attached hydrogens (tertiary/aromatic N) is 1. The number of methoxy groups -OCH3 is 1. The van der Waals surface area contributed by atoms with E-state index in [0.717, 1.165) is 11.1 Å². The van der Waals surface area contributed by atoms with E-state index in [-0.39, 0.29) is 18.0 Å². The van der Waals surface area contributed by atoms with Crippen LogP contribution in [0.15, 0.2) is 48.5 Å². The maximum absolute atomic E-state index is 13.1. The Morgan fingerprint density at radius 2 is 1.86 bits per heavy atom. The van der Waals surface area contributed by atoms with Crippen molar-refractivity contribution in [1.29, 1.82) is 0 Å². The van der Waals surface area contributed by atoms with E-state index in [0.29, 0.717) is 35.9 Å². The molecule has 29 heavy (non-hydrogen) atoms. The van der Waals surface area contributed by atoms with Crippen LogP contribution in [-0.2, 0) is 16.0 Å². The lowest BCUT2D eigenvalue weighted by Gasteiger charge is -2.30. The monoisotopic (exact) mass is 414 g/mol. The van der Waals surface area contributed by atoms with Crippen LogP contribution in [0.5, 0.6) is 0 Å². The summed E-state index contributed by atoms with van der Waals surface area (Å²) in [6.45, 7) is 4.65. The van der Waals surface area contributed by atoms with Gasteiger partial charge in [-0.1, -0.05) is 55.8 Å². The number of hydrogen-bond donors (Lipinski definition) is 1. The number of hydrogen-bond acceptors (Lipinski definition) is 4. The lowest BCUT2D eigenvalue weighted by molar-refractivity contribution is -0.144. The Bertz CT molecular complexity index is 867. The predicted molar refractivity (Wildman–Crippen MR) is 114 cm³/mol. The smallest absolute Gasteiger partial charge is 0.322 e.